The van der Waals surface area contributed by atoms with Crippen LogP contribution in [0.4, 0.5) is 0 Å². The molecule has 2 aromatic carbocycles. The van der Waals surface area contributed by atoms with Crippen LogP contribution in [0.1, 0.15) is 24.5 Å². The fourth-order valence-electron chi connectivity index (χ4n) is 2.88. The summed E-state index contributed by atoms with van der Waals surface area (Å²) in [4.78, 5) is 0. The van der Waals surface area contributed by atoms with Gasteiger partial charge in [0.1, 0.15) is 12.4 Å². The van der Waals surface area contributed by atoms with E-state index in [0.29, 0.717) is 12.5 Å². The molecule has 1 N–H and O–H groups in total. The average Bonchev–Trinajstić information content (AvgIpc) is 2.67. The summed E-state index contributed by atoms with van der Waals surface area (Å²) in [6.45, 7) is 7.76. The van der Waals surface area contributed by atoms with Gasteiger partial charge in [0.2, 0.25) is 0 Å². The second kappa shape index (κ2) is 9.10. The first kappa shape index (κ1) is 18.1. The van der Waals surface area contributed by atoms with E-state index < -0.39 is 0 Å². The third kappa shape index (κ3) is 5.66. The van der Waals surface area contributed by atoms with E-state index in [2.05, 4.69) is 73.4 Å². The molecule has 1 aliphatic rings. The molecule has 2 heteroatoms. The van der Waals surface area contributed by atoms with Crippen molar-refractivity contribution in [3.05, 3.63) is 102 Å². The first-order valence-corrected chi connectivity index (χ1v) is 9.23. The van der Waals surface area contributed by atoms with Crippen molar-refractivity contribution in [2.45, 2.75) is 26.3 Å². The maximum absolute atomic E-state index is 5.88. The molecule has 0 saturated heterocycles. The highest BCUT2D eigenvalue weighted by molar-refractivity contribution is 5.30. The minimum Gasteiger partial charge on any atom is -0.489 e. The second-order valence-corrected chi connectivity index (χ2v) is 6.90. The minimum atomic E-state index is 0.634. The number of ether oxygens (including phenoxy) is 1. The summed E-state index contributed by atoms with van der Waals surface area (Å²) < 4.78 is 5.88. The van der Waals surface area contributed by atoms with Crippen LogP contribution in [-0.2, 0) is 13.0 Å². The summed E-state index contributed by atoms with van der Waals surface area (Å²) in [5.74, 6) is 1.55. The molecule has 134 valence electrons. The standard InChI is InChI=1S/C24H27NO/c1-19-8-10-23(11-9-19)18-26-24-14-12-22(13-15-24)17-25-20(2)16-21-6-4-3-5-7-21/h3-8,10-15,19,25H,2,9,16-18H2,1H3. The van der Waals surface area contributed by atoms with Crippen molar-refractivity contribution in [3.8, 4) is 5.75 Å². The summed E-state index contributed by atoms with van der Waals surface area (Å²) in [5.41, 5.74) is 4.78. The Hall–Kier alpha value is -2.74. The van der Waals surface area contributed by atoms with Crippen molar-refractivity contribution in [1.82, 2.24) is 5.32 Å². The molecule has 0 aliphatic heterocycles. The fourth-order valence-corrected chi connectivity index (χ4v) is 2.88. The Bertz CT molecular complexity index is 772. The first-order valence-electron chi connectivity index (χ1n) is 9.23. The van der Waals surface area contributed by atoms with Gasteiger partial charge in [-0.15, -0.1) is 0 Å². The zero-order chi connectivity index (χ0) is 18.2. The second-order valence-electron chi connectivity index (χ2n) is 6.90. The third-order valence-corrected chi connectivity index (χ3v) is 4.52. The van der Waals surface area contributed by atoms with Gasteiger partial charge in [-0.1, -0.05) is 74.2 Å². The lowest BCUT2D eigenvalue weighted by atomic mass is 9.99. The zero-order valence-electron chi connectivity index (χ0n) is 15.4. The van der Waals surface area contributed by atoms with Crippen LogP contribution in [0, 0.1) is 5.92 Å². The summed E-state index contributed by atoms with van der Waals surface area (Å²) in [7, 11) is 0. The fraction of sp³-hybridized carbons (Fsp3) is 0.250. The summed E-state index contributed by atoms with van der Waals surface area (Å²) in [5, 5.41) is 3.40. The van der Waals surface area contributed by atoms with Gasteiger partial charge in [-0.2, -0.15) is 0 Å². The number of benzene rings is 2. The van der Waals surface area contributed by atoms with Crippen LogP contribution in [0.25, 0.3) is 0 Å². The van der Waals surface area contributed by atoms with E-state index in [-0.39, 0.29) is 0 Å². The molecule has 0 heterocycles. The van der Waals surface area contributed by atoms with Crippen molar-refractivity contribution in [2.75, 3.05) is 6.61 Å². The van der Waals surface area contributed by atoms with E-state index in [9.17, 15) is 0 Å². The van der Waals surface area contributed by atoms with Gasteiger partial charge < -0.3 is 10.1 Å². The molecular weight excluding hydrogens is 318 g/mol. The summed E-state index contributed by atoms with van der Waals surface area (Å²) in [6, 6.07) is 18.7. The lowest BCUT2D eigenvalue weighted by Crippen LogP contribution is -2.13. The quantitative estimate of drug-likeness (QED) is 0.688. The van der Waals surface area contributed by atoms with E-state index >= 15 is 0 Å². The Morgan fingerprint density at radius 2 is 1.85 bits per heavy atom. The minimum absolute atomic E-state index is 0.634. The van der Waals surface area contributed by atoms with E-state index in [1.807, 2.05) is 18.2 Å². The molecule has 0 aromatic heterocycles. The molecule has 1 aliphatic carbocycles. The van der Waals surface area contributed by atoms with Gasteiger partial charge in [0, 0.05) is 18.7 Å². The largest absolute Gasteiger partial charge is 0.489 e. The number of rotatable bonds is 8. The predicted octanol–water partition coefficient (Wildman–Crippen LogP) is 5.43. The molecule has 0 radical (unpaired) electrons. The van der Waals surface area contributed by atoms with Crippen molar-refractivity contribution < 1.29 is 4.74 Å². The lowest BCUT2D eigenvalue weighted by Gasteiger charge is -2.13. The van der Waals surface area contributed by atoms with Crippen molar-refractivity contribution in [2.24, 2.45) is 5.92 Å². The SMILES string of the molecule is C=C(Cc1ccccc1)NCc1ccc(OCC2=CCC(C)C=C2)cc1. The van der Waals surface area contributed by atoms with E-state index in [1.54, 1.807) is 0 Å². The number of allylic oxidation sites excluding steroid dienone is 3. The molecule has 0 amide bonds. The van der Waals surface area contributed by atoms with Gasteiger partial charge in [-0.05, 0) is 41.2 Å². The monoisotopic (exact) mass is 345 g/mol. The van der Waals surface area contributed by atoms with E-state index in [0.717, 1.165) is 30.8 Å². The molecule has 0 fully saturated rings. The first-order chi connectivity index (χ1) is 12.7. The zero-order valence-corrected chi connectivity index (χ0v) is 15.4. The van der Waals surface area contributed by atoms with Crippen molar-refractivity contribution in [3.63, 3.8) is 0 Å². The van der Waals surface area contributed by atoms with Crippen LogP contribution in [0.3, 0.4) is 0 Å². The van der Waals surface area contributed by atoms with Gasteiger partial charge in [-0.25, -0.2) is 0 Å². The smallest absolute Gasteiger partial charge is 0.119 e. The summed E-state index contributed by atoms with van der Waals surface area (Å²) in [6.07, 6.45) is 8.64. The molecule has 2 aromatic rings. The molecular formula is C24H27NO. The Balaban J connectivity index is 1.43. The predicted molar refractivity (Wildman–Crippen MR) is 109 cm³/mol. The maximum Gasteiger partial charge on any atom is 0.119 e. The third-order valence-electron chi connectivity index (χ3n) is 4.52. The highest BCUT2D eigenvalue weighted by Crippen LogP contribution is 2.18. The normalized spacial score (nSPS) is 16.0. The molecule has 1 unspecified atom stereocenters. The molecule has 26 heavy (non-hydrogen) atoms. The van der Waals surface area contributed by atoms with Gasteiger partial charge in [0.05, 0.1) is 0 Å². The van der Waals surface area contributed by atoms with Crippen LogP contribution >= 0.6 is 0 Å². The van der Waals surface area contributed by atoms with Gasteiger partial charge in [0.15, 0.2) is 0 Å². The van der Waals surface area contributed by atoms with Gasteiger partial charge in [-0.3, -0.25) is 0 Å². The molecule has 0 saturated carbocycles. The number of hydrogen-bond acceptors (Lipinski definition) is 2. The van der Waals surface area contributed by atoms with E-state index in [4.69, 9.17) is 4.74 Å². The Morgan fingerprint density at radius 3 is 2.54 bits per heavy atom. The molecule has 3 rings (SSSR count). The number of nitrogens with one attached hydrogen (secondary N) is 1. The Labute approximate surface area is 156 Å². The lowest BCUT2D eigenvalue weighted by molar-refractivity contribution is 0.354. The van der Waals surface area contributed by atoms with Gasteiger partial charge in [0.25, 0.3) is 0 Å². The highest BCUT2D eigenvalue weighted by Gasteiger charge is 2.04. The molecule has 1 atom stereocenters. The topological polar surface area (TPSA) is 21.3 Å². The van der Waals surface area contributed by atoms with Crippen LogP contribution in [0.15, 0.2) is 90.7 Å². The van der Waals surface area contributed by atoms with Gasteiger partial charge >= 0.3 is 0 Å². The summed E-state index contributed by atoms with van der Waals surface area (Å²) >= 11 is 0. The highest BCUT2D eigenvalue weighted by atomic mass is 16.5. The number of hydrogen-bond donors (Lipinski definition) is 1. The van der Waals surface area contributed by atoms with Crippen LogP contribution < -0.4 is 10.1 Å². The Morgan fingerprint density at radius 1 is 1.08 bits per heavy atom. The van der Waals surface area contributed by atoms with Crippen LogP contribution in [0.2, 0.25) is 0 Å². The van der Waals surface area contributed by atoms with Crippen LogP contribution in [-0.4, -0.2) is 6.61 Å². The average molecular weight is 345 g/mol. The van der Waals surface area contributed by atoms with E-state index in [1.165, 1.54) is 16.7 Å². The maximum atomic E-state index is 5.88. The van der Waals surface area contributed by atoms with Crippen LogP contribution in [0.5, 0.6) is 5.75 Å². The van der Waals surface area contributed by atoms with Crippen molar-refractivity contribution >= 4 is 0 Å². The molecule has 0 spiro atoms. The van der Waals surface area contributed by atoms with Crippen molar-refractivity contribution in [1.29, 1.82) is 0 Å². The molecule has 2 nitrogen and oxygen atoms in total. The Kier molecular flexibility index (Phi) is 6.32. The molecule has 0 bridgehead atoms.